The molecule has 0 saturated heterocycles. The van der Waals surface area contributed by atoms with Gasteiger partial charge in [-0.25, -0.2) is 9.78 Å². The van der Waals surface area contributed by atoms with Crippen LogP contribution in [0.5, 0.6) is 5.75 Å². The van der Waals surface area contributed by atoms with Gasteiger partial charge in [-0.15, -0.1) is 23.7 Å². The number of amides is 1. The Morgan fingerprint density at radius 1 is 1.13 bits per heavy atom. The van der Waals surface area contributed by atoms with Crippen molar-refractivity contribution in [3.8, 4) is 28.1 Å². The zero-order valence-corrected chi connectivity index (χ0v) is 24.8. The third-order valence-electron chi connectivity index (χ3n) is 6.96. The van der Waals surface area contributed by atoms with Gasteiger partial charge in [0.2, 0.25) is 0 Å². The van der Waals surface area contributed by atoms with E-state index in [4.69, 9.17) is 21.3 Å². The summed E-state index contributed by atoms with van der Waals surface area (Å²) in [6.45, 7) is 3.46. The van der Waals surface area contributed by atoms with E-state index >= 15 is 0 Å². The second kappa shape index (κ2) is 13.6. The first kappa shape index (κ1) is 30.9. The molecule has 0 unspecified atom stereocenters. The number of carbonyl (C=O) groups excluding carboxylic acids is 1. The van der Waals surface area contributed by atoms with Crippen LogP contribution in [-0.4, -0.2) is 59.7 Å². The third-order valence-corrected chi connectivity index (χ3v) is 8.12. The molecule has 0 bridgehead atoms. The van der Waals surface area contributed by atoms with E-state index in [0.29, 0.717) is 35.9 Å². The zero-order chi connectivity index (χ0) is 27.3. The minimum Gasteiger partial charge on any atom is -0.492 e. The molecule has 0 radical (unpaired) electrons. The molecule has 1 fully saturated rings. The predicted molar refractivity (Wildman–Crippen MR) is 160 cm³/mol. The first-order valence-electron chi connectivity index (χ1n) is 12.9. The molecular formula is C29H35Cl2N3O4S. The first-order chi connectivity index (χ1) is 18.2. The Kier molecular flexibility index (Phi) is 10.8. The molecule has 10 heteroatoms. The Balaban J connectivity index is 0.00000420. The smallest absolute Gasteiger partial charge is 0.329 e. The van der Waals surface area contributed by atoms with E-state index in [1.165, 1.54) is 0 Å². The second-order valence-corrected chi connectivity index (χ2v) is 11.6. The zero-order valence-electron chi connectivity index (χ0n) is 22.5. The summed E-state index contributed by atoms with van der Waals surface area (Å²) >= 11 is 8.09. The number of ether oxygens (including phenoxy) is 1. The molecule has 0 atom stereocenters. The van der Waals surface area contributed by atoms with Gasteiger partial charge in [0.25, 0.3) is 5.91 Å². The molecule has 39 heavy (non-hydrogen) atoms. The number of hydrogen-bond acceptors (Lipinski definition) is 6. The van der Waals surface area contributed by atoms with Gasteiger partial charge in [-0.1, -0.05) is 36.9 Å². The Labute approximate surface area is 245 Å². The summed E-state index contributed by atoms with van der Waals surface area (Å²) in [5, 5.41) is 15.3. The number of nitrogens with zero attached hydrogens (tertiary/aromatic N) is 2. The van der Waals surface area contributed by atoms with Gasteiger partial charge in [-0.2, -0.15) is 0 Å². The number of carbonyl (C=O) groups is 2. The van der Waals surface area contributed by atoms with Crippen LogP contribution in [0.1, 0.15) is 53.9 Å². The quantitative estimate of drug-likeness (QED) is 0.255. The standard InChI is InChI=1S/C29H34ClN3O4S.ClH/c1-19-21(12-17-38-19)22-9-11-24(27(34)32-29(28(35)36)13-5-4-6-14-29)31-26(22)20-8-10-23(30)25(18-20)37-16-7-15-33(2)3;/h8-12,17-18H,4-7,13-16H2,1-3H3,(H,32,34)(H,35,36);1H. The highest BCUT2D eigenvalue weighted by atomic mass is 35.5. The Hall–Kier alpha value is -2.65. The summed E-state index contributed by atoms with van der Waals surface area (Å²) in [4.78, 5) is 33.5. The molecule has 0 aliphatic heterocycles. The van der Waals surface area contributed by atoms with Crippen molar-refractivity contribution in [3.05, 3.63) is 57.4 Å². The molecule has 1 aromatic carbocycles. The monoisotopic (exact) mass is 591 g/mol. The minimum absolute atomic E-state index is 0. The fourth-order valence-corrected chi connectivity index (χ4v) is 5.73. The van der Waals surface area contributed by atoms with Gasteiger partial charge in [-0.3, -0.25) is 4.79 Å². The highest BCUT2D eigenvalue weighted by Gasteiger charge is 2.41. The maximum atomic E-state index is 13.3. The number of aryl methyl sites for hydroxylation is 1. The van der Waals surface area contributed by atoms with Crippen LogP contribution >= 0.6 is 35.3 Å². The lowest BCUT2D eigenvalue weighted by Crippen LogP contribution is -2.55. The Morgan fingerprint density at radius 2 is 1.87 bits per heavy atom. The molecule has 3 aromatic rings. The van der Waals surface area contributed by atoms with E-state index < -0.39 is 17.4 Å². The fourth-order valence-electron chi connectivity index (χ4n) is 4.84. The average Bonchev–Trinajstić information content (AvgIpc) is 3.33. The molecule has 7 nitrogen and oxygen atoms in total. The lowest BCUT2D eigenvalue weighted by molar-refractivity contribution is -0.145. The largest absolute Gasteiger partial charge is 0.492 e. The number of nitrogens with one attached hydrogen (secondary N) is 1. The number of thiophene rings is 1. The number of aliphatic carboxylic acids is 1. The molecule has 4 rings (SSSR count). The van der Waals surface area contributed by atoms with Crippen molar-refractivity contribution in [2.24, 2.45) is 0 Å². The number of rotatable bonds is 10. The normalized spacial score (nSPS) is 14.5. The van der Waals surface area contributed by atoms with E-state index in [1.54, 1.807) is 23.5 Å². The molecule has 1 amide bonds. The number of hydrogen-bond donors (Lipinski definition) is 2. The molecule has 1 aliphatic rings. The molecular weight excluding hydrogens is 557 g/mol. The van der Waals surface area contributed by atoms with Gasteiger partial charge < -0.3 is 20.1 Å². The molecule has 0 spiro atoms. The molecule has 2 N–H and O–H groups in total. The number of carboxylic acids is 1. The van der Waals surface area contributed by atoms with Crippen LogP contribution < -0.4 is 10.1 Å². The van der Waals surface area contributed by atoms with Gasteiger partial charge in [0.15, 0.2) is 0 Å². The average molecular weight is 593 g/mol. The van der Waals surface area contributed by atoms with Crippen LogP contribution in [0.4, 0.5) is 0 Å². The summed E-state index contributed by atoms with van der Waals surface area (Å²) in [6.07, 6.45) is 4.19. The predicted octanol–water partition coefficient (Wildman–Crippen LogP) is 6.71. The molecule has 1 saturated carbocycles. The molecule has 1 aliphatic carbocycles. The van der Waals surface area contributed by atoms with Crippen LogP contribution in [0.15, 0.2) is 41.8 Å². The number of benzene rings is 1. The van der Waals surface area contributed by atoms with E-state index in [9.17, 15) is 14.7 Å². The second-order valence-electron chi connectivity index (χ2n) is 10.0. The maximum absolute atomic E-state index is 13.3. The number of pyridine rings is 1. The van der Waals surface area contributed by atoms with E-state index in [-0.39, 0.29) is 18.1 Å². The van der Waals surface area contributed by atoms with Crippen molar-refractivity contribution in [2.75, 3.05) is 27.2 Å². The van der Waals surface area contributed by atoms with Crippen molar-refractivity contribution in [3.63, 3.8) is 0 Å². The van der Waals surface area contributed by atoms with E-state index in [2.05, 4.69) is 10.2 Å². The number of aromatic nitrogens is 1. The van der Waals surface area contributed by atoms with Crippen LogP contribution in [0.3, 0.4) is 0 Å². The highest BCUT2D eigenvalue weighted by Crippen LogP contribution is 2.38. The molecule has 2 heterocycles. The van der Waals surface area contributed by atoms with Gasteiger partial charge in [0.05, 0.1) is 17.3 Å². The van der Waals surface area contributed by atoms with Crippen LogP contribution in [0.25, 0.3) is 22.4 Å². The van der Waals surface area contributed by atoms with Crippen molar-refractivity contribution in [1.29, 1.82) is 0 Å². The van der Waals surface area contributed by atoms with Gasteiger partial charge in [-0.05, 0) is 81.6 Å². The summed E-state index contributed by atoms with van der Waals surface area (Å²) < 4.78 is 5.99. The topological polar surface area (TPSA) is 91.8 Å². The van der Waals surface area contributed by atoms with Crippen LogP contribution in [0, 0.1) is 6.92 Å². The Morgan fingerprint density at radius 3 is 2.51 bits per heavy atom. The van der Waals surface area contributed by atoms with Crippen LogP contribution in [-0.2, 0) is 4.79 Å². The fraction of sp³-hybridized carbons (Fsp3) is 0.414. The molecule has 210 valence electrons. The summed E-state index contributed by atoms with van der Waals surface area (Å²) in [6, 6.07) is 11.1. The van der Waals surface area contributed by atoms with Crippen molar-refractivity contribution < 1.29 is 19.4 Å². The van der Waals surface area contributed by atoms with Gasteiger partial charge >= 0.3 is 5.97 Å². The van der Waals surface area contributed by atoms with Crippen LogP contribution in [0.2, 0.25) is 5.02 Å². The first-order valence-corrected chi connectivity index (χ1v) is 14.1. The lowest BCUT2D eigenvalue weighted by atomic mass is 9.81. The van der Waals surface area contributed by atoms with Crippen molar-refractivity contribution in [2.45, 2.75) is 51.0 Å². The SMILES string of the molecule is Cc1sccc1-c1ccc(C(=O)NC2(C(=O)O)CCCCC2)nc1-c1ccc(Cl)c(OCCCN(C)C)c1.Cl. The van der Waals surface area contributed by atoms with Gasteiger partial charge in [0, 0.05) is 22.5 Å². The lowest BCUT2D eigenvalue weighted by Gasteiger charge is -2.33. The third kappa shape index (κ3) is 7.31. The summed E-state index contributed by atoms with van der Waals surface area (Å²) in [7, 11) is 4.03. The van der Waals surface area contributed by atoms with Gasteiger partial charge in [0.1, 0.15) is 17.0 Å². The molecule has 2 aromatic heterocycles. The Bertz CT molecular complexity index is 1310. The summed E-state index contributed by atoms with van der Waals surface area (Å²) in [5.74, 6) is -0.928. The van der Waals surface area contributed by atoms with Crippen molar-refractivity contribution in [1.82, 2.24) is 15.2 Å². The van der Waals surface area contributed by atoms with Crippen molar-refractivity contribution >= 4 is 47.2 Å². The highest BCUT2D eigenvalue weighted by molar-refractivity contribution is 7.10. The summed E-state index contributed by atoms with van der Waals surface area (Å²) in [5.41, 5.74) is 2.20. The minimum atomic E-state index is -1.26. The number of carboxylic acid groups (broad SMARTS) is 1. The van der Waals surface area contributed by atoms with E-state index in [1.807, 2.05) is 50.7 Å². The number of halogens is 2. The maximum Gasteiger partial charge on any atom is 0.329 e. The van der Waals surface area contributed by atoms with E-state index in [0.717, 1.165) is 53.8 Å².